The van der Waals surface area contributed by atoms with Gasteiger partial charge < -0.3 is 10.4 Å². The van der Waals surface area contributed by atoms with Gasteiger partial charge in [-0.2, -0.15) is 0 Å². The molecule has 0 aliphatic rings. The van der Waals surface area contributed by atoms with Crippen LogP contribution in [-0.4, -0.2) is 29.4 Å². The van der Waals surface area contributed by atoms with E-state index in [1.54, 1.807) is 0 Å². The second kappa shape index (κ2) is 7.81. The number of nitrogens with one attached hydrogen (secondary N) is 1. The second-order valence-corrected chi connectivity index (χ2v) is 6.32. The first kappa shape index (κ1) is 15.5. The summed E-state index contributed by atoms with van der Waals surface area (Å²) in [5.74, 6) is 0.471. The second-order valence-electron chi connectivity index (χ2n) is 4.36. The van der Waals surface area contributed by atoms with Crippen molar-refractivity contribution in [1.29, 1.82) is 0 Å². The van der Waals surface area contributed by atoms with E-state index in [-0.39, 0.29) is 11.8 Å². The van der Waals surface area contributed by atoms with Crippen LogP contribution >= 0.6 is 27.7 Å². The fourth-order valence-corrected chi connectivity index (χ4v) is 2.18. The summed E-state index contributed by atoms with van der Waals surface area (Å²) < 4.78 is 1.02. The Kier molecular flexibility index (Phi) is 6.75. The highest BCUT2D eigenvalue weighted by molar-refractivity contribution is 9.10. The van der Waals surface area contributed by atoms with Crippen LogP contribution in [0.4, 0.5) is 0 Å². The Morgan fingerprint density at radius 2 is 2.00 bits per heavy atom. The van der Waals surface area contributed by atoms with Gasteiger partial charge in [-0.1, -0.05) is 29.8 Å². The normalized spacial score (nSPS) is 12.5. The number of thioether (sulfide) groups is 1. The molecule has 0 spiro atoms. The monoisotopic (exact) mass is 331 g/mol. The molecule has 1 aromatic rings. The maximum Gasteiger partial charge on any atom is 0.230 e. The van der Waals surface area contributed by atoms with Crippen molar-refractivity contribution in [1.82, 2.24) is 5.32 Å². The van der Waals surface area contributed by atoms with Gasteiger partial charge in [0.2, 0.25) is 5.91 Å². The third-order valence-electron chi connectivity index (χ3n) is 2.46. The van der Waals surface area contributed by atoms with Gasteiger partial charge >= 0.3 is 0 Å². The molecule has 0 bridgehead atoms. The van der Waals surface area contributed by atoms with Crippen molar-refractivity contribution in [2.24, 2.45) is 5.92 Å². The third-order valence-corrected chi connectivity index (χ3v) is 4.00. The van der Waals surface area contributed by atoms with Gasteiger partial charge in [0.25, 0.3) is 0 Å². The van der Waals surface area contributed by atoms with Gasteiger partial charge in [0.15, 0.2) is 0 Å². The molecular weight excluding hydrogens is 314 g/mol. The molecule has 1 aromatic carbocycles. The number of rotatable bonds is 6. The molecule has 0 aliphatic heterocycles. The van der Waals surface area contributed by atoms with Crippen LogP contribution < -0.4 is 5.32 Å². The van der Waals surface area contributed by atoms with E-state index in [9.17, 15) is 9.90 Å². The lowest BCUT2D eigenvalue weighted by atomic mass is 10.1. The predicted molar refractivity (Wildman–Crippen MR) is 78.7 cm³/mol. The number of halogens is 1. The molecule has 1 rings (SSSR count). The minimum absolute atomic E-state index is 0.0531. The minimum Gasteiger partial charge on any atom is -0.391 e. The SMILES string of the molecule is CC(C)C(O)CNC(=O)CSc1ccc(Br)cc1. The highest BCUT2D eigenvalue weighted by atomic mass is 79.9. The van der Waals surface area contributed by atoms with Gasteiger partial charge in [-0.3, -0.25) is 4.79 Å². The minimum atomic E-state index is -0.480. The van der Waals surface area contributed by atoms with E-state index in [1.165, 1.54) is 11.8 Å². The van der Waals surface area contributed by atoms with Crippen LogP contribution in [0.1, 0.15) is 13.8 Å². The van der Waals surface area contributed by atoms with Crippen molar-refractivity contribution >= 4 is 33.6 Å². The standard InChI is InChI=1S/C13H18BrNO2S/c1-9(2)12(16)7-15-13(17)8-18-11-5-3-10(14)4-6-11/h3-6,9,12,16H,7-8H2,1-2H3,(H,15,17). The Hall–Kier alpha value is -0.520. The van der Waals surface area contributed by atoms with Crippen molar-refractivity contribution < 1.29 is 9.90 Å². The predicted octanol–water partition coefficient (Wildman–Crippen LogP) is 2.67. The average Bonchev–Trinajstić information content (AvgIpc) is 2.35. The largest absolute Gasteiger partial charge is 0.391 e. The number of amides is 1. The fraction of sp³-hybridized carbons (Fsp3) is 0.462. The number of carbonyl (C=O) groups excluding carboxylic acids is 1. The van der Waals surface area contributed by atoms with Gasteiger partial charge in [0, 0.05) is 15.9 Å². The molecule has 1 atom stereocenters. The van der Waals surface area contributed by atoms with Gasteiger partial charge in [0.1, 0.15) is 0 Å². The molecule has 0 fully saturated rings. The lowest BCUT2D eigenvalue weighted by Crippen LogP contribution is -2.35. The molecule has 5 heteroatoms. The summed E-state index contributed by atoms with van der Waals surface area (Å²) in [6.07, 6.45) is -0.480. The van der Waals surface area contributed by atoms with Gasteiger partial charge in [-0.15, -0.1) is 11.8 Å². The molecule has 100 valence electrons. The van der Waals surface area contributed by atoms with E-state index in [2.05, 4.69) is 21.2 Å². The molecule has 0 saturated carbocycles. The topological polar surface area (TPSA) is 49.3 Å². The average molecular weight is 332 g/mol. The van der Waals surface area contributed by atoms with E-state index in [4.69, 9.17) is 0 Å². The molecule has 3 nitrogen and oxygen atoms in total. The molecule has 18 heavy (non-hydrogen) atoms. The van der Waals surface area contributed by atoms with Crippen molar-refractivity contribution in [3.63, 3.8) is 0 Å². The first-order valence-electron chi connectivity index (χ1n) is 5.82. The molecule has 0 aromatic heterocycles. The number of carbonyl (C=O) groups is 1. The van der Waals surface area contributed by atoms with Gasteiger partial charge in [-0.25, -0.2) is 0 Å². The van der Waals surface area contributed by atoms with Crippen LogP contribution in [0, 0.1) is 5.92 Å². The number of hydrogen-bond acceptors (Lipinski definition) is 3. The van der Waals surface area contributed by atoms with Crippen LogP contribution in [0.15, 0.2) is 33.6 Å². The Morgan fingerprint density at radius 1 is 1.39 bits per heavy atom. The summed E-state index contributed by atoms with van der Waals surface area (Å²) in [6.45, 7) is 4.16. The van der Waals surface area contributed by atoms with E-state index in [0.29, 0.717) is 12.3 Å². The summed E-state index contributed by atoms with van der Waals surface area (Å²) in [5, 5.41) is 12.3. The summed E-state index contributed by atoms with van der Waals surface area (Å²) in [4.78, 5) is 12.6. The number of hydrogen-bond donors (Lipinski definition) is 2. The Labute approximate surface area is 120 Å². The molecule has 2 N–H and O–H groups in total. The zero-order valence-electron chi connectivity index (χ0n) is 10.5. The number of aliphatic hydroxyl groups is 1. The van der Waals surface area contributed by atoms with Crippen LogP contribution in [0.2, 0.25) is 0 Å². The highest BCUT2D eigenvalue weighted by Gasteiger charge is 2.10. The summed E-state index contributed by atoms with van der Waals surface area (Å²) in [7, 11) is 0. The quantitative estimate of drug-likeness (QED) is 0.788. The number of aliphatic hydroxyl groups excluding tert-OH is 1. The summed E-state index contributed by atoms with van der Waals surface area (Å²) >= 11 is 4.85. The van der Waals surface area contributed by atoms with E-state index in [0.717, 1.165) is 9.37 Å². The van der Waals surface area contributed by atoms with Crippen LogP contribution in [-0.2, 0) is 4.79 Å². The third kappa shape index (κ3) is 5.89. The molecular formula is C13H18BrNO2S. The Morgan fingerprint density at radius 3 is 2.56 bits per heavy atom. The maximum absolute atomic E-state index is 11.6. The molecule has 0 aliphatic carbocycles. The molecule has 1 amide bonds. The summed E-state index contributed by atoms with van der Waals surface area (Å²) in [5.41, 5.74) is 0. The lowest BCUT2D eigenvalue weighted by molar-refractivity contribution is -0.119. The zero-order valence-corrected chi connectivity index (χ0v) is 12.9. The maximum atomic E-state index is 11.6. The summed E-state index contributed by atoms with van der Waals surface area (Å²) in [6, 6.07) is 7.82. The van der Waals surface area contributed by atoms with Crippen LogP contribution in [0.5, 0.6) is 0 Å². The molecule has 0 heterocycles. The molecule has 0 saturated heterocycles. The fourth-order valence-electron chi connectivity index (χ4n) is 1.18. The zero-order chi connectivity index (χ0) is 13.5. The Balaban J connectivity index is 2.27. The smallest absolute Gasteiger partial charge is 0.230 e. The number of benzene rings is 1. The highest BCUT2D eigenvalue weighted by Crippen LogP contribution is 2.20. The Bertz CT molecular complexity index is 381. The first-order valence-corrected chi connectivity index (χ1v) is 7.60. The van der Waals surface area contributed by atoms with E-state index >= 15 is 0 Å². The first-order chi connectivity index (χ1) is 8.49. The molecule has 0 radical (unpaired) electrons. The van der Waals surface area contributed by atoms with Crippen LogP contribution in [0.3, 0.4) is 0 Å². The van der Waals surface area contributed by atoms with Crippen LogP contribution in [0.25, 0.3) is 0 Å². The van der Waals surface area contributed by atoms with Crippen molar-refractivity contribution in [3.8, 4) is 0 Å². The lowest BCUT2D eigenvalue weighted by Gasteiger charge is -2.14. The van der Waals surface area contributed by atoms with Crippen molar-refractivity contribution in [2.45, 2.75) is 24.8 Å². The van der Waals surface area contributed by atoms with Crippen molar-refractivity contribution in [2.75, 3.05) is 12.3 Å². The van der Waals surface area contributed by atoms with E-state index in [1.807, 2.05) is 38.1 Å². The van der Waals surface area contributed by atoms with Gasteiger partial charge in [-0.05, 0) is 30.2 Å². The van der Waals surface area contributed by atoms with E-state index < -0.39 is 6.10 Å². The van der Waals surface area contributed by atoms with Crippen molar-refractivity contribution in [3.05, 3.63) is 28.7 Å². The molecule has 1 unspecified atom stereocenters. The van der Waals surface area contributed by atoms with Gasteiger partial charge in [0.05, 0.1) is 11.9 Å².